The van der Waals surface area contributed by atoms with Crippen LogP contribution < -0.4 is 10.7 Å². The Morgan fingerprint density at radius 3 is 2.62 bits per heavy atom. The van der Waals surface area contributed by atoms with Crippen LogP contribution in [0.4, 0.5) is 0 Å². The van der Waals surface area contributed by atoms with Gasteiger partial charge < -0.3 is 14.6 Å². The lowest BCUT2D eigenvalue weighted by atomic mass is 10.0. The molecule has 0 radical (unpaired) electrons. The number of carbonyl (C=O) groups excluding carboxylic acids is 1. The number of fused-ring (bicyclic) bond motifs is 1. The van der Waals surface area contributed by atoms with E-state index in [1.165, 1.54) is 29.7 Å². The van der Waals surface area contributed by atoms with Crippen LogP contribution in [0.3, 0.4) is 0 Å². The summed E-state index contributed by atoms with van der Waals surface area (Å²) in [5.74, 6) is -0.00708. The largest absolute Gasteiger partial charge is 0.383 e. The van der Waals surface area contributed by atoms with Crippen LogP contribution in [0.2, 0.25) is 0 Å². The van der Waals surface area contributed by atoms with E-state index >= 15 is 0 Å². The van der Waals surface area contributed by atoms with Gasteiger partial charge in [0.15, 0.2) is 0 Å². The molecule has 8 nitrogen and oxygen atoms in total. The normalized spacial score (nSPS) is 16.2. The summed E-state index contributed by atoms with van der Waals surface area (Å²) in [7, 11) is -0.453. The number of pyridine rings is 1. The molecule has 0 unspecified atom stereocenters. The van der Waals surface area contributed by atoms with Crippen molar-refractivity contribution in [1.29, 1.82) is 0 Å². The first-order chi connectivity index (χ1) is 13.8. The number of carbonyl (C=O) groups is 1. The second kappa shape index (κ2) is 8.64. The number of nitrogens with zero attached hydrogens (tertiary/aromatic N) is 2. The zero-order valence-electron chi connectivity index (χ0n) is 17.0. The molecule has 1 N–H and O–H groups in total. The van der Waals surface area contributed by atoms with Crippen molar-refractivity contribution < 1.29 is 17.9 Å². The first-order valence-electron chi connectivity index (χ1n) is 9.66. The molecule has 2 heterocycles. The van der Waals surface area contributed by atoms with Gasteiger partial charge in [-0.2, -0.15) is 4.31 Å². The molecule has 1 fully saturated rings. The predicted molar refractivity (Wildman–Crippen MR) is 111 cm³/mol. The van der Waals surface area contributed by atoms with Crippen molar-refractivity contribution in [3.8, 4) is 0 Å². The van der Waals surface area contributed by atoms with Crippen molar-refractivity contribution in [2.24, 2.45) is 13.0 Å². The van der Waals surface area contributed by atoms with Crippen LogP contribution in [0, 0.1) is 5.92 Å². The minimum atomic E-state index is -3.69. The van der Waals surface area contributed by atoms with Crippen molar-refractivity contribution in [3.63, 3.8) is 0 Å². The Labute approximate surface area is 170 Å². The van der Waals surface area contributed by atoms with Crippen molar-refractivity contribution in [2.75, 3.05) is 33.4 Å². The molecule has 0 bridgehead atoms. The van der Waals surface area contributed by atoms with E-state index in [2.05, 4.69) is 12.2 Å². The van der Waals surface area contributed by atoms with Gasteiger partial charge in [-0.15, -0.1) is 0 Å². The second-order valence-corrected chi connectivity index (χ2v) is 9.44. The Morgan fingerprint density at radius 2 is 1.97 bits per heavy atom. The number of hydrogen-bond donors (Lipinski definition) is 1. The van der Waals surface area contributed by atoms with E-state index in [9.17, 15) is 18.0 Å². The third-order valence-corrected chi connectivity index (χ3v) is 7.27. The molecule has 1 saturated heterocycles. The lowest BCUT2D eigenvalue weighted by Gasteiger charge is -2.29. The minimum Gasteiger partial charge on any atom is -0.383 e. The quantitative estimate of drug-likeness (QED) is 0.710. The third kappa shape index (κ3) is 4.36. The number of benzene rings is 1. The molecule has 1 aromatic carbocycles. The number of nitrogens with one attached hydrogen (secondary N) is 1. The molecule has 29 heavy (non-hydrogen) atoms. The molecule has 1 aromatic heterocycles. The lowest BCUT2D eigenvalue weighted by Crippen LogP contribution is -2.38. The van der Waals surface area contributed by atoms with Gasteiger partial charge in [0, 0.05) is 45.4 Å². The summed E-state index contributed by atoms with van der Waals surface area (Å²) in [6, 6.07) is 4.52. The van der Waals surface area contributed by atoms with Crippen LogP contribution in [0.15, 0.2) is 34.1 Å². The van der Waals surface area contributed by atoms with E-state index in [0.717, 1.165) is 12.8 Å². The maximum atomic E-state index is 13.1. The molecule has 0 aliphatic carbocycles. The molecule has 0 saturated carbocycles. The molecule has 158 valence electrons. The lowest BCUT2D eigenvalue weighted by molar-refractivity contribution is 0.0935. The average Bonchev–Trinajstić information content (AvgIpc) is 2.70. The number of sulfonamides is 1. The Kier molecular flexibility index (Phi) is 6.40. The van der Waals surface area contributed by atoms with Gasteiger partial charge in [-0.05, 0) is 37.0 Å². The van der Waals surface area contributed by atoms with Crippen LogP contribution >= 0.6 is 0 Å². The van der Waals surface area contributed by atoms with Gasteiger partial charge in [0.25, 0.3) is 5.91 Å². The van der Waals surface area contributed by atoms with Crippen LogP contribution in [0.5, 0.6) is 0 Å². The molecule has 0 atom stereocenters. The number of amides is 1. The minimum absolute atomic E-state index is 0.0301. The number of aromatic nitrogens is 1. The predicted octanol–water partition coefficient (Wildman–Crippen LogP) is 1.34. The Bertz CT molecular complexity index is 1070. The van der Waals surface area contributed by atoms with E-state index in [1.807, 2.05) is 0 Å². The van der Waals surface area contributed by atoms with Gasteiger partial charge >= 0.3 is 0 Å². The summed E-state index contributed by atoms with van der Waals surface area (Å²) >= 11 is 0. The molecule has 1 aliphatic rings. The van der Waals surface area contributed by atoms with Crippen molar-refractivity contribution in [1.82, 2.24) is 14.2 Å². The molecular formula is C20H27N3O5S. The number of hydrogen-bond acceptors (Lipinski definition) is 5. The van der Waals surface area contributed by atoms with Gasteiger partial charge in [0.1, 0.15) is 5.56 Å². The number of aryl methyl sites for hydroxylation is 1. The topological polar surface area (TPSA) is 97.7 Å². The number of ether oxygens (including phenoxy) is 1. The maximum absolute atomic E-state index is 13.1. The summed E-state index contributed by atoms with van der Waals surface area (Å²) in [5, 5.41) is 2.84. The first-order valence-corrected chi connectivity index (χ1v) is 11.1. The molecule has 1 amide bonds. The molecule has 2 aromatic rings. The van der Waals surface area contributed by atoms with Crippen molar-refractivity contribution >= 4 is 26.8 Å². The number of methoxy groups -OCH3 is 1. The van der Waals surface area contributed by atoms with Gasteiger partial charge in [0.05, 0.1) is 17.0 Å². The summed E-state index contributed by atoms with van der Waals surface area (Å²) < 4.78 is 34.1. The highest BCUT2D eigenvalue weighted by molar-refractivity contribution is 7.89. The van der Waals surface area contributed by atoms with E-state index in [0.29, 0.717) is 31.1 Å². The zero-order valence-corrected chi connectivity index (χ0v) is 17.8. The van der Waals surface area contributed by atoms with Crippen LogP contribution in [0.1, 0.15) is 30.1 Å². The molecule has 3 rings (SSSR count). The first kappa shape index (κ1) is 21.5. The fourth-order valence-electron chi connectivity index (χ4n) is 3.53. The SMILES string of the molecule is COCCNC(=O)c1cn(C)c2ccc(S(=O)(=O)N3CCC(C)CC3)cc2c1=O. The van der Waals surface area contributed by atoms with Crippen LogP contribution in [-0.4, -0.2) is 56.5 Å². The van der Waals surface area contributed by atoms with Gasteiger partial charge in [-0.1, -0.05) is 6.92 Å². The van der Waals surface area contributed by atoms with Gasteiger partial charge in [-0.3, -0.25) is 9.59 Å². The Balaban J connectivity index is 2.01. The summed E-state index contributed by atoms with van der Waals surface area (Å²) in [5.41, 5.74) is 0.0458. The standard InChI is InChI=1S/C20H27N3O5S/c1-14-6-9-23(10-7-14)29(26,27)15-4-5-18-16(12-15)19(24)17(13-22(18)2)20(25)21-8-11-28-3/h4-5,12-14H,6-11H2,1-3H3,(H,21,25). The molecular weight excluding hydrogens is 394 g/mol. The highest BCUT2D eigenvalue weighted by atomic mass is 32.2. The fourth-order valence-corrected chi connectivity index (χ4v) is 5.03. The molecule has 1 aliphatic heterocycles. The van der Waals surface area contributed by atoms with Crippen LogP contribution in [-0.2, 0) is 21.8 Å². The van der Waals surface area contributed by atoms with Crippen molar-refractivity contribution in [2.45, 2.75) is 24.7 Å². The molecule has 9 heteroatoms. The highest BCUT2D eigenvalue weighted by Gasteiger charge is 2.28. The van der Waals surface area contributed by atoms with Gasteiger partial charge in [0.2, 0.25) is 15.5 Å². The van der Waals surface area contributed by atoms with E-state index in [4.69, 9.17) is 4.74 Å². The monoisotopic (exact) mass is 421 g/mol. The summed E-state index contributed by atoms with van der Waals surface area (Å²) in [6.45, 7) is 3.67. The fraction of sp³-hybridized carbons (Fsp3) is 0.500. The Morgan fingerprint density at radius 1 is 1.28 bits per heavy atom. The Hall–Kier alpha value is -2.23. The van der Waals surface area contributed by atoms with Gasteiger partial charge in [-0.25, -0.2) is 8.42 Å². The molecule has 0 spiro atoms. The zero-order chi connectivity index (χ0) is 21.2. The smallest absolute Gasteiger partial charge is 0.256 e. The van der Waals surface area contributed by atoms with E-state index < -0.39 is 21.4 Å². The summed E-state index contributed by atoms with van der Waals surface area (Å²) in [6.07, 6.45) is 3.10. The van der Waals surface area contributed by atoms with Crippen molar-refractivity contribution in [3.05, 3.63) is 40.2 Å². The maximum Gasteiger partial charge on any atom is 0.256 e. The number of piperidine rings is 1. The highest BCUT2D eigenvalue weighted by Crippen LogP contribution is 2.25. The van der Waals surface area contributed by atoms with E-state index in [1.54, 1.807) is 17.7 Å². The van der Waals surface area contributed by atoms with E-state index in [-0.39, 0.29) is 22.4 Å². The third-order valence-electron chi connectivity index (χ3n) is 5.38. The summed E-state index contributed by atoms with van der Waals surface area (Å²) in [4.78, 5) is 25.4. The second-order valence-electron chi connectivity index (χ2n) is 7.50. The van der Waals surface area contributed by atoms with Crippen LogP contribution in [0.25, 0.3) is 10.9 Å². The average molecular weight is 422 g/mol. The number of rotatable bonds is 6.